The van der Waals surface area contributed by atoms with E-state index in [1.807, 2.05) is 4.90 Å². The molecule has 2 atom stereocenters. The van der Waals surface area contributed by atoms with Crippen LogP contribution in [0, 0.1) is 5.92 Å². The van der Waals surface area contributed by atoms with Crippen LogP contribution in [0.4, 0.5) is 0 Å². The van der Waals surface area contributed by atoms with Gasteiger partial charge in [0, 0.05) is 38.0 Å². The summed E-state index contributed by atoms with van der Waals surface area (Å²) in [6.45, 7) is 1.14. The zero-order valence-corrected chi connectivity index (χ0v) is 12.4. The maximum absolute atomic E-state index is 12.4. The second-order valence-electron chi connectivity index (χ2n) is 5.75. The lowest BCUT2D eigenvalue weighted by Gasteiger charge is -2.27. The average molecular weight is 312 g/mol. The number of hydrogen-bond acceptors (Lipinski definition) is 4. The Morgan fingerprint density at radius 3 is 3.10 bits per heavy atom. The van der Waals surface area contributed by atoms with Crippen LogP contribution in [-0.4, -0.2) is 41.0 Å². The Balaban J connectivity index is 1.60. The molecule has 0 radical (unpaired) electrons. The summed E-state index contributed by atoms with van der Waals surface area (Å²) in [4.78, 5) is 26.1. The van der Waals surface area contributed by atoms with Gasteiger partial charge in [-0.05, 0) is 12.8 Å². The van der Waals surface area contributed by atoms with Crippen molar-refractivity contribution < 1.29 is 14.1 Å². The van der Waals surface area contributed by atoms with Crippen LogP contribution in [0.3, 0.4) is 0 Å². The molecule has 2 aliphatic heterocycles. The van der Waals surface area contributed by atoms with Crippen LogP contribution < -0.4 is 5.32 Å². The maximum atomic E-state index is 12.4. The zero-order chi connectivity index (χ0) is 14.8. The van der Waals surface area contributed by atoms with Gasteiger partial charge in [-0.3, -0.25) is 9.59 Å². The molecule has 0 aromatic carbocycles. The first-order valence-corrected chi connectivity index (χ1v) is 7.69. The second kappa shape index (κ2) is 6.05. The molecule has 0 aliphatic carbocycles. The maximum Gasteiger partial charge on any atom is 0.225 e. The summed E-state index contributed by atoms with van der Waals surface area (Å²) in [5.41, 5.74) is 0. The molecule has 3 rings (SSSR count). The van der Waals surface area contributed by atoms with E-state index in [0.717, 1.165) is 19.3 Å². The molecule has 6 nitrogen and oxygen atoms in total. The third-order valence-corrected chi connectivity index (χ3v) is 4.35. The minimum atomic E-state index is -0.0684. The number of fused-ring (bicyclic) bond motifs is 3. The average Bonchev–Trinajstić information content (AvgIpc) is 2.67. The Morgan fingerprint density at radius 1 is 1.48 bits per heavy atom. The normalized spacial score (nSPS) is 25.4. The monoisotopic (exact) mass is 311 g/mol. The lowest BCUT2D eigenvalue weighted by Crippen LogP contribution is -2.41. The van der Waals surface area contributed by atoms with Crippen molar-refractivity contribution in [2.24, 2.45) is 5.92 Å². The molecular formula is C14H18ClN3O3. The van der Waals surface area contributed by atoms with Crippen LogP contribution in [0.25, 0.3) is 0 Å². The molecule has 2 aliphatic rings. The van der Waals surface area contributed by atoms with E-state index < -0.39 is 0 Å². The van der Waals surface area contributed by atoms with Gasteiger partial charge in [0.25, 0.3) is 0 Å². The van der Waals surface area contributed by atoms with E-state index in [4.69, 9.17) is 16.1 Å². The first kappa shape index (κ1) is 14.4. The third-order valence-electron chi connectivity index (χ3n) is 4.17. The van der Waals surface area contributed by atoms with E-state index in [9.17, 15) is 9.59 Å². The van der Waals surface area contributed by atoms with Gasteiger partial charge in [-0.15, -0.1) is 0 Å². The molecule has 1 aromatic rings. The summed E-state index contributed by atoms with van der Waals surface area (Å²) in [5, 5.41) is 6.92. The number of aromatic nitrogens is 1. The van der Waals surface area contributed by atoms with Crippen LogP contribution in [0.1, 0.15) is 31.4 Å². The minimum absolute atomic E-state index is 0.0518. The lowest BCUT2D eigenvalue weighted by molar-refractivity contribution is -0.132. The highest BCUT2D eigenvalue weighted by Crippen LogP contribution is 2.22. The smallest absolute Gasteiger partial charge is 0.225 e. The fourth-order valence-electron chi connectivity index (χ4n) is 3.05. The molecule has 2 saturated heterocycles. The van der Waals surface area contributed by atoms with Crippen LogP contribution in [0.2, 0.25) is 5.15 Å². The number of carbonyl (C=O) groups is 2. The van der Waals surface area contributed by atoms with Crippen molar-refractivity contribution in [3.8, 4) is 0 Å². The molecule has 1 aromatic heterocycles. The summed E-state index contributed by atoms with van der Waals surface area (Å²) < 4.78 is 5.00. The molecule has 114 valence electrons. The van der Waals surface area contributed by atoms with Gasteiger partial charge in [0.05, 0.1) is 5.92 Å². The summed E-state index contributed by atoms with van der Waals surface area (Å²) in [6, 6.07) is 1.71. The number of amides is 2. The molecule has 21 heavy (non-hydrogen) atoms. The number of aryl methyl sites for hydroxylation is 1. The number of carbonyl (C=O) groups excluding carboxylic acids is 2. The van der Waals surface area contributed by atoms with E-state index in [1.54, 1.807) is 6.07 Å². The number of rotatable bonds is 3. The predicted octanol–water partition coefficient (Wildman–Crippen LogP) is 1.39. The van der Waals surface area contributed by atoms with E-state index in [1.165, 1.54) is 0 Å². The third kappa shape index (κ3) is 3.37. The largest absolute Gasteiger partial charge is 0.360 e. The molecule has 2 fully saturated rings. The molecule has 0 spiro atoms. The summed E-state index contributed by atoms with van der Waals surface area (Å²) in [7, 11) is 0. The highest BCUT2D eigenvalue weighted by molar-refractivity contribution is 6.29. The van der Waals surface area contributed by atoms with Gasteiger partial charge >= 0.3 is 0 Å². The van der Waals surface area contributed by atoms with Crippen molar-refractivity contribution in [1.82, 2.24) is 15.4 Å². The second-order valence-corrected chi connectivity index (χ2v) is 6.14. The number of nitrogens with zero attached hydrogens (tertiary/aromatic N) is 2. The molecule has 1 N–H and O–H groups in total. The number of likely N-dealkylation sites (tertiary alicyclic amines) is 1. The van der Waals surface area contributed by atoms with Crippen LogP contribution in [0.5, 0.6) is 0 Å². The van der Waals surface area contributed by atoms with E-state index >= 15 is 0 Å². The molecule has 3 heterocycles. The number of nitrogens with one attached hydrogen (secondary N) is 1. The molecule has 2 bridgehead atoms. The van der Waals surface area contributed by atoms with Gasteiger partial charge in [-0.25, -0.2) is 0 Å². The van der Waals surface area contributed by atoms with Gasteiger partial charge in [0.15, 0.2) is 5.15 Å². The summed E-state index contributed by atoms with van der Waals surface area (Å²) in [6.07, 6.45) is 3.69. The fourth-order valence-corrected chi connectivity index (χ4v) is 3.20. The van der Waals surface area contributed by atoms with Crippen molar-refractivity contribution in [3.05, 3.63) is 17.0 Å². The molecule has 7 heteroatoms. The SMILES string of the molecule is O=C1N[C@@H]2CCC[C@H]1CN(C(=O)CCc1cc(Cl)no1)C2. The Morgan fingerprint density at radius 2 is 2.33 bits per heavy atom. The Kier molecular flexibility index (Phi) is 4.14. The van der Waals surface area contributed by atoms with Gasteiger partial charge in [-0.1, -0.05) is 23.2 Å². The summed E-state index contributed by atoms with van der Waals surface area (Å²) >= 11 is 5.68. The van der Waals surface area contributed by atoms with Crippen LogP contribution in [-0.2, 0) is 16.0 Å². The Hall–Kier alpha value is -1.56. The highest BCUT2D eigenvalue weighted by atomic mass is 35.5. The molecular weight excluding hydrogens is 294 g/mol. The van der Waals surface area contributed by atoms with Crippen molar-refractivity contribution >= 4 is 23.4 Å². The van der Waals surface area contributed by atoms with Crippen molar-refractivity contribution in [2.75, 3.05) is 13.1 Å². The van der Waals surface area contributed by atoms with Gasteiger partial charge in [0.2, 0.25) is 11.8 Å². The van der Waals surface area contributed by atoms with Crippen LogP contribution >= 0.6 is 11.6 Å². The first-order chi connectivity index (χ1) is 10.1. The topological polar surface area (TPSA) is 75.4 Å². The van der Waals surface area contributed by atoms with E-state index in [0.29, 0.717) is 36.8 Å². The Labute approximate surface area is 127 Å². The first-order valence-electron chi connectivity index (χ1n) is 7.31. The standard InChI is InChI=1S/C14H18ClN3O3/c15-12-6-11(21-17-12)4-5-13(19)18-7-9-2-1-3-10(8-18)16-14(9)20/h6,9-10H,1-5,7-8H2,(H,16,20)/t9-,10+/m0/s1. The molecule has 0 saturated carbocycles. The van der Waals surface area contributed by atoms with Gasteiger partial charge in [-0.2, -0.15) is 0 Å². The quantitative estimate of drug-likeness (QED) is 0.915. The van der Waals surface area contributed by atoms with E-state index in [-0.39, 0.29) is 23.8 Å². The minimum Gasteiger partial charge on any atom is -0.360 e. The van der Waals surface area contributed by atoms with Crippen LogP contribution in [0.15, 0.2) is 10.6 Å². The molecule has 2 amide bonds. The van der Waals surface area contributed by atoms with Crippen molar-refractivity contribution in [1.29, 1.82) is 0 Å². The summed E-state index contributed by atoms with van der Waals surface area (Å²) in [5.74, 6) is 0.685. The Bertz CT molecular complexity index is 545. The van der Waals surface area contributed by atoms with Gasteiger partial charge in [0.1, 0.15) is 5.76 Å². The number of halogens is 1. The van der Waals surface area contributed by atoms with E-state index in [2.05, 4.69) is 10.5 Å². The van der Waals surface area contributed by atoms with Crippen molar-refractivity contribution in [2.45, 2.75) is 38.1 Å². The zero-order valence-electron chi connectivity index (χ0n) is 11.7. The number of hydrogen-bond donors (Lipinski definition) is 1. The highest BCUT2D eigenvalue weighted by Gasteiger charge is 2.34. The predicted molar refractivity (Wildman–Crippen MR) is 75.7 cm³/mol. The molecule has 0 unspecified atom stereocenters. The lowest BCUT2D eigenvalue weighted by atomic mass is 9.99. The van der Waals surface area contributed by atoms with Crippen molar-refractivity contribution in [3.63, 3.8) is 0 Å². The van der Waals surface area contributed by atoms with Gasteiger partial charge < -0.3 is 14.7 Å². The fraction of sp³-hybridized carbons (Fsp3) is 0.643.